The molecule has 51 heavy (non-hydrogen) atoms. The molecule has 0 radical (unpaired) electrons. The Bertz CT molecular complexity index is 3100. The van der Waals surface area contributed by atoms with Gasteiger partial charge in [-0.2, -0.15) is 0 Å². The van der Waals surface area contributed by atoms with Crippen LogP contribution in [0.25, 0.3) is 98.0 Å². The summed E-state index contributed by atoms with van der Waals surface area (Å²) in [5, 5.41) is 15.3. The molecule has 1 aliphatic carbocycles. The third-order valence-electron chi connectivity index (χ3n) is 11.7. The van der Waals surface area contributed by atoms with Gasteiger partial charge < -0.3 is 0 Å². The predicted molar refractivity (Wildman–Crippen MR) is 218 cm³/mol. The van der Waals surface area contributed by atoms with Crippen LogP contribution >= 0.6 is 0 Å². The van der Waals surface area contributed by atoms with E-state index in [1.165, 1.54) is 109 Å². The number of fused-ring (bicyclic) bond motifs is 10. The molecule has 1 nitrogen and oxygen atoms in total. The zero-order chi connectivity index (χ0) is 33.8. The average molecular weight is 648 g/mol. The van der Waals surface area contributed by atoms with Crippen molar-refractivity contribution in [3.63, 3.8) is 0 Å². The maximum atomic E-state index is 4.74. The standard InChI is InChI=1S/C50H33N/c1-50(2)46-24-12-15-31-28-51-29-45(48(31)46)49-39-22-10-9-21-38(39)44(27-47(49)50)43-26-42-35-18-6-5-17-34(35)40(25-41(42)36-19-7-8-20-37(36)43)33-23-11-14-30-13-3-4-16-32(30)33/h3-29H,1-2H3. The molecule has 238 valence electrons. The summed E-state index contributed by atoms with van der Waals surface area (Å²) >= 11 is 0. The highest BCUT2D eigenvalue weighted by Gasteiger charge is 2.35. The Hall–Kier alpha value is -6.31. The molecule has 0 saturated carbocycles. The summed E-state index contributed by atoms with van der Waals surface area (Å²) in [7, 11) is 0. The Labute approximate surface area is 296 Å². The van der Waals surface area contributed by atoms with Gasteiger partial charge in [-0.05, 0) is 116 Å². The second kappa shape index (κ2) is 10.4. The SMILES string of the molecule is CC1(C)c2cc(-c3cc4c5ccccc5c(-c5cccc6ccccc56)cc4c4ccccc34)c3ccccc3c2-c2cncc3cccc1c23. The van der Waals surface area contributed by atoms with Gasteiger partial charge in [0.2, 0.25) is 0 Å². The van der Waals surface area contributed by atoms with E-state index in [2.05, 4.69) is 172 Å². The Morgan fingerprint density at radius 3 is 1.57 bits per heavy atom. The third kappa shape index (κ3) is 3.89. The van der Waals surface area contributed by atoms with Crippen LogP contribution in [0.3, 0.4) is 0 Å². The highest BCUT2D eigenvalue weighted by atomic mass is 14.6. The molecule has 0 saturated heterocycles. The van der Waals surface area contributed by atoms with Crippen LogP contribution in [0.4, 0.5) is 0 Å². The Morgan fingerprint density at radius 2 is 0.863 bits per heavy atom. The van der Waals surface area contributed by atoms with E-state index in [0.29, 0.717) is 0 Å². The van der Waals surface area contributed by atoms with Crippen LogP contribution in [0.2, 0.25) is 0 Å². The average Bonchev–Trinajstić information content (AvgIpc) is 3.18. The van der Waals surface area contributed by atoms with Crippen molar-refractivity contribution in [3.05, 3.63) is 175 Å². The molecule has 0 aliphatic heterocycles. The lowest BCUT2D eigenvalue weighted by Crippen LogP contribution is -2.24. The topological polar surface area (TPSA) is 12.9 Å². The molecular formula is C50H33N. The quantitative estimate of drug-likeness (QED) is 0.170. The minimum Gasteiger partial charge on any atom is -0.263 e. The number of pyridine rings is 1. The number of hydrogen-bond acceptors (Lipinski definition) is 1. The van der Waals surface area contributed by atoms with Crippen LogP contribution in [0.15, 0.2) is 164 Å². The fourth-order valence-electron chi connectivity index (χ4n) is 9.33. The molecule has 10 aromatic rings. The Morgan fingerprint density at radius 1 is 0.353 bits per heavy atom. The molecule has 0 fully saturated rings. The molecule has 0 spiro atoms. The summed E-state index contributed by atoms with van der Waals surface area (Å²) in [5.41, 5.74) is 10.1. The van der Waals surface area contributed by atoms with E-state index < -0.39 is 0 Å². The summed E-state index contributed by atoms with van der Waals surface area (Å²) in [6.45, 7) is 4.78. The lowest BCUT2D eigenvalue weighted by molar-refractivity contribution is 0.646. The van der Waals surface area contributed by atoms with E-state index in [1.807, 2.05) is 6.20 Å². The molecule has 1 aliphatic rings. The minimum absolute atomic E-state index is 0.200. The van der Waals surface area contributed by atoms with Gasteiger partial charge in [-0.15, -0.1) is 0 Å². The zero-order valence-corrected chi connectivity index (χ0v) is 28.5. The molecule has 1 heterocycles. The molecule has 0 N–H and O–H groups in total. The second-order valence-corrected chi connectivity index (χ2v) is 14.7. The molecule has 1 aromatic heterocycles. The van der Waals surface area contributed by atoms with Gasteiger partial charge >= 0.3 is 0 Å². The highest BCUT2D eigenvalue weighted by Crippen LogP contribution is 2.53. The lowest BCUT2D eigenvalue weighted by atomic mass is 9.67. The second-order valence-electron chi connectivity index (χ2n) is 14.7. The van der Waals surface area contributed by atoms with E-state index in [0.717, 1.165) is 0 Å². The molecule has 11 rings (SSSR count). The van der Waals surface area contributed by atoms with Crippen LogP contribution in [0.5, 0.6) is 0 Å². The van der Waals surface area contributed by atoms with E-state index in [9.17, 15) is 0 Å². The van der Waals surface area contributed by atoms with Gasteiger partial charge in [-0.25, -0.2) is 0 Å². The van der Waals surface area contributed by atoms with Gasteiger partial charge in [-0.1, -0.05) is 147 Å². The van der Waals surface area contributed by atoms with Gasteiger partial charge in [0.25, 0.3) is 0 Å². The minimum atomic E-state index is -0.200. The molecule has 0 atom stereocenters. The third-order valence-corrected chi connectivity index (χ3v) is 11.7. The zero-order valence-electron chi connectivity index (χ0n) is 28.5. The normalized spacial score (nSPS) is 13.5. The summed E-state index contributed by atoms with van der Waals surface area (Å²) in [6, 6.07) is 56.5. The Balaban J connectivity index is 1.27. The van der Waals surface area contributed by atoms with Crippen molar-refractivity contribution < 1.29 is 0 Å². The van der Waals surface area contributed by atoms with Gasteiger partial charge in [0.15, 0.2) is 0 Å². The first-order chi connectivity index (χ1) is 25.1. The number of hydrogen-bond donors (Lipinski definition) is 0. The first kappa shape index (κ1) is 28.5. The van der Waals surface area contributed by atoms with Crippen molar-refractivity contribution in [1.82, 2.24) is 4.98 Å². The number of rotatable bonds is 2. The fraction of sp³-hybridized carbons (Fsp3) is 0.0600. The smallest absolute Gasteiger partial charge is 0.0353 e. The van der Waals surface area contributed by atoms with Gasteiger partial charge in [0, 0.05) is 28.8 Å². The van der Waals surface area contributed by atoms with Crippen molar-refractivity contribution in [3.8, 4) is 33.4 Å². The maximum absolute atomic E-state index is 4.74. The van der Waals surface area contributed by atoms with Crippen LogP contribution in [0, 0.1) is 0 Å². The van der Waals surface area contributed by atoms with Crippen molar-refractivity contribution in [2.24, 2.45) is 0 Å². The van der Waals surface area contributed by atoms with Crippen LogP contribution in [0.1, 0.15) is 25.0 Å². The summed E-state index contributed by atoms with van der Waals surface area (Å²) in [5.74, 6) is 0. The van der Waals surface area contributed by atoms with Gasteiger partial charge in [-0.3, -0.25) is 4.98 Å². The van der Waals surface area contributed by atoms with Gasteiger partial charge in [0.05, 0.1) is 0 Å². The van der Waals surface area contributed by atoms with Crippen LogP contribution in [-0.4, -0.2) is 4.98 Å². The summed E-state index contributed by atoms with van der Waals surface area (Å²) in [6.07, 6.45) is 4.09. The monoisotopic (exact) mass is 647 g/mol. The first-order valence-corrected chi connectivity index (χ1v) is 17.9. The van der Waals surface area contributed by atoms with E-state index in [1.54, 1.807) is 0 Å². The molecule has 0 amide bonds. The molecule has 0 bridgehead atoms. The highest BCUT2D eigenvalue weighted by molar-refractivity contribution is 6.26. The predicted octanol–water partition coefficient (Wildman–Crippen LogP) is 13.6. The molecule has 0 unspecified atom stereocenters. The first-order valence-electron chi connectivity index (χ1n) is 17.9. The molecule has 9 aromatic carbocycles. The molecular weight excluding hydrogens is 615 g/mol. The van der Waals surface area contributed by atoms with E-state index in [-0.39, 0.29) is 5.41 Å². The van der Waals surface area contributed by atoms with Crippen molar-refractivity contribution in [2.75, 3.05) is 0 Å². The van der Waals surface area contributed by atoms with Crippen molar-refractivity contribution >= 4 is 64.6 Å². The number of benzene rings is 9. The van der Waals surface area contributed by atoms with Crippen molar-refractivity contribution in [1.29, 1.82) is 0 Å². The largest absolute Gasteiger partial charge is 0.263 e. The Kier molecular flexibility index (Phi) is 5.79. The fourth-order valence-corrected chi connectivity index (χ4v) is 9.33. The number of aromatic nitrogens is 1. The lowest BCUT2D eigenvalue weighted by Gasteiger charge is -2.36. The number of nitrogens with zero attached hydrogens (tertiary/aromatic N) is 1. The molecule has 1 heteroatoms. The summed E-state index contributed by atoms with van der Waals surface area (Å²) < 4.78 is 0. The summed E-state index contributed by atoms with van der Waals surface area (Å²) in [4.78, 5) is 4.74. The van der Waals surface area contributed by atoms with Gasteiger partial charge in [0.1, 0.15) is 0 Å². The maximum Gasteiger partial charge on any atom is 0.0353 e. The van der Waals surface area contributed by atoms with Crippen LogP contribution < -0.4 is 0 Å². The van der Waals surface area contributed by atoms with E-state index >= 15 is 0 Å². The van der Waals surface area contributed by atoms with Crippen LogP contribution in [-0.2, 0) is 5.41 Å². The van der Waals surface area contributed by atoms with E-state index in [4.69, 9.17) is 4.98 Å². The van der Waals surface area contributed by atoms with Crippen molar-refractivity contribution in [2.45, 2.75) is 19.3 Å².